The number of thiocarbonyl (C=S) groups is 1. The van der Waals surface area contributed by atoms with Gasteiger partial charge in [0.15, 0.2) is 5.11 Å². The number of nitrogens with one attached hydrogen (secondary N) is 2. The Morgan fingerprint density at radius 2 is 1.73 bits per heavy atom. The molecule has 1 unspecified atom stereocenters. The van der Waals surface area contributed by atoms with Crippen molar-refractivity contribution in [3.05, 3.63) is 83.9 Å². The monoisotopic (exact) mass is 558 g/mol. The number of aromatic amines is 1. The Labute approximate surface area is 239 Å². The van der Waals surface area contributed by atoms with Crippen LogP contribution in [0.1, 0.15) is 37.8 Å². The van der Waals surface area contributed by atoms with E-state index in [2.05, 4.69) is 62.0 Å². The van der Waals surface area contributed by atoms with Crippen LogP contribution in [0.4, 0.5) is 0 Å². The van der Waals surface area contributed by atoms with Crippen LogP contribution in [0, 0.1) is 0 Å². The van der Waals surface area contributed by atoms with Crippen molar-refractivity contribution in [2.24, 2.45) is 0 Å². The number of ether oxygens (including phenoxy) is 1. The van der Waals surface area contributed by atoms with Gasteiger partial charge in [-0.2, -0.15) is 5.21 Å². The summed E-state index contributed by atoms with van der Waals surface area (Å²) in [7, 11) is 0. The highest BCUT2D eigenvalue weighted by molar-refractivity contribution is 7.80. The summed E-state index contributed by atoms with van der Waals surface area (Å²) in [6.07, 6.45) is 2.36. The first-order valence-electron chi connectivity index (χ1n) is 13.4. The minimum Gasteiger partial charge on any atom is -0.508 e. The lowest BCUT2D eigenvalue weighted by Gasteiger charge is -2.29. The molecule has 1 atom stereocenters. The van der Waals surface area contributed by atoms with E-state index >= 15 is 0 Å². The molecule has 1 aromatic heterocycles. The largest absolute Gasteiger partial charge is 0.508 e. The molecule has 9 nitrogen and oxygen atoms in total. The number of phenolic OH excluding ortho intramolecular Hbond substituents is 1. The number of tetrazole rings is 1. The molecular formula is C30H34N6O3S. The number of nitrogens with zero attached hydrogens (tertiary/aromatic N) is 4. The SMILES string of the molecule is CCCCN(Cc1ccc(-c2ccccc2-c2nn[nH]n2)cc1)C(=S)NC(Cc1ccc(O)cc1)C(=O)OCC. The fraction of sp³-hybridized carbons (Fsp3) is 0.300. The molecule has 40 heavy (non-hydrogen) atoms. The summed E-state index contributed by atoms with van der Waals surface area (Å²) in [6, 6.07) is 22.4. The molecule has 3 N–H and O–H groups in total. The second-order valence-corrected chi connectivity index (χ2v) is 9.76. The number of hydrogen-bond acceptors (Lipinski definition) is 7. The predicted molar refractivity (Wildman–Crippen MR) is 158 cm³/mol. The van der Waals surface area contributed by atoms with Gasteiger partial charge in [-0.3, -0.25) is 0 Å². The molecule has 0 aliphatic rings. The maximum atomic E-state index is 12.8. The van der Waals surface area contributed by atoms with E-state index < -0.39 is 6.04 Å². The highest BCUT2D eigenvalue weighted by atomic mass is 32.1. The molecular weight excluding hydrogens is 524 g/mol. The normalized spacial score (nSPS) is 11.6. The number of H-pyrrole nitrogens is 1. The lowest BCUT2D eigenvalue weighted by Crippen LogP contribution is -2.49. The maximum Gasteiger partial charge on any atom is 0.328 e. The van der Waals surface area contributed by atoms with Crippen molar-refractivity contribution in [1.29, 1.82) is 0 Å². The van der Waals surface area contributed by atoms with E-state index in [1.807, 2.05) is 24.3 Å². The van der Waals surface area contributed by atoms with Gasteiger partial charge in [-0.05, 0) is 65.2 Å². The third-order valence-electron chi connectivity index (χ3n) is 6.47. The van der Waals surface area contributed by atoms with Gasteiger partial charge in [0.25, 0.3) is 0 Å². The molecule has 208 valence electrons. The Hall–Kier alpha value is -4.31. The van der Waals surface area contributed by atoms with Gasteiger partial charge >= 0.3 is 5.97 Å². The van der Waals surface area contributed by atoms with E-state index in [1.54, 1.807) is 31.2 Å². The van der Waals surface area contributed by atoms with E-state index in [0.29, 0.717) is 23.9 Å². The van der Waals surface area contributed by atoms with Crippen LogP contribution in [-0.4, -0.2) is 60.9 Å². The molecule has 1 heterocycles. The third kappa shape index (κ3) is 7.63. The lowest BCUT2D eigenvalue weighted by molar-refractivity contribution is -0.145. The van der Waals surface area contributed by atoms with Crippen LogP contribution < -0.4 is 5.32 Å². The molecule has 4 aromatic rings. The average molecular weight is 559 g/mol. The maximum absolute atomic E-state index is 12.8. The fourth-order valence-electron chi connectivity index (χ4n) is 4.36. The minimum absolute atomic E-state index is 0.176. The van der Waals surface area contributed by atoms with Gasteiger partial charge in [0.05, 0.1) is 6.61 Å². The van der Waals surface area contributed by atoms with Gasteiger partial charge in [-0.15, -0.1) is 10.2 Å². The molecule has 0 saturated heterocycles. The first kappa shape index (κ1) is 28.7. The number of aromatic hydroxyl groups is 1. The number of unbranched alkanes of at least 4 members (excludes halogenated alkanes) is 1. The summed E-state index contributed by atoms with van der Waals surface area (Å²) in [5.74, 6) is 0.359. The van der Waals surface area contributed by atoms with Crippen LogP contribution in [0.3, 0.4) is 0 Å². The van der Waals surface area contributed by atoms with Crippen molar-refractivity contribution in [3.8, 4) is 28.3 Å². The van der Waals surface area contributed by atoms with Crippen molar-refractivity contribution >= 4 is 23.3 Å². The van der Waals surface area contributed by atoms with Gasteiger partial charge < -0.3 is 20.1 Å². The summed E-state index contributed by atoms with van der Waals surface area (Å²) in [5.41, 5.74) is 4.94. The standard InChI is InChI=1S/C30H34N6O3S/c1-3-5-18-36(30(40)31-27(29(38)39-4-2)19-21-12-16-24(37)17-13-21)20-22-10-14-23(15-11-22)25-8-6-7-9-26(25)28-32-34-35-33-28/h6-17,27,37H,3-5,18-20H2,1-2H3,(H,31,40)(H,32,33,34,35). The van der Waals surface area contributed by atoms with Crippen molar-refractivity contribution < 1.29 is 14.6 Å². The summed E-state index contributed by atoms with van der Waals surface area (Å²) in [4.78, 5) is 14.9. The summed E-state index contributed by atoms with van der Waals surface area (Å²) in [6.45, 7) is 5.54. The van der Waals surface area contributed by atoms with E-state index in [4.69, 9.17) is 17.0 Å². The quantitative estimate of drug-likeness (QED) is 0.165. The summed E-state index contributed by atoms with van der Waals surface area (Å²) < 4.78 is 5.33. The van der Waals surface area contributed by atoms with Crippen molar-refractivity contribution in [2.75, 3.05) is 13.2 Å². The van der Waals surface area contributed by atoms with Crippen LogP contribution in [0.5, 0.6) is 5.75 Å². The topological polar surface area (TPSA) is 116 Å². The molecule has 4 rings (SSSR count). The van der Waals surface area contributed by atoms with Crippen LogP contribution in [0.25, 0.3) is 22.5 Å². The zero-order valence-electron chi connectivity index (χ0n) is 22.7. The Morgan fingerprint density at radius 1 is 1.02 bits per heavy atom. The van der Waals surface area contributed by atoms with Crippen molar-refractivity contribution in [2.45, 2.75) is 45.7 Å². The van der Waals surface area contributed by atoms with Crippen LogP contribution >= 0.6 is 12.2 Å². The molecule has 0 spiro atoms. The Bertz CT molecular complexity index is 1380. The zero-order valence-corrected chi connectivity index (χ0v) is 23.5. The number of carbonyl (C=O) groups is 1. The first-order valence-corrected chi connectivity index (χ1v) is 13.8. The summed E-state index contributed by atoms with van der Waals surface area (Å²) in [5, 5.41) is 27.8. The molecule has 3 aromatic carbocycles. The number of benzene rings is 3. The molecule has 0 amide bonds. The van der Waals surface area contributed by atoms with E-state index in [-0.39, 0.29) is 18.3 Å². The highest BCUT2D eigenvalue weighted by Crippen LogP contribution is 2.30. The molecule has 10 heteroatoms. The number of rotatable bonds is 12. The third-order valence-corrected chi connectivity index (χ3v) is 6.84. The van der Waals surface area contributed by atoms with Crippen LogP contribution in [-0.2, 0) is 22.5 Å². The zero-order chi connectivity index (χ0) is 28.3. The van der Waals surface area contributed by atoms with Gasteiger partial charge in [0.1, 0.15) is 11.8 Å². The van der Waals surface area contributed by atoms with Crippen LogP contribution in [0.15, 0.2) is 72.8 Å². The molecule has 0 saturated carbocycles. The number of hydrogen-bond donors (Lipinski definition) is 3. The van der Waals surface area contributed by atoms with Gasteiger partial charge in [0.2, 0.25) is 5.82 Å². The summed E-state index contributed by atoms with van der Waals surface area (Å²) >= 11 is 5.81. The predicted octanol–water partition coefficient (Wildman–Crippen LogP) is 4.89. The van der Waals surface area contributed by atoms with Crippen molar-refractivity contribution in [1.82, 2.24) is 30.8 Å². The van der Waals surface area contributed by atoms with Crippen molar-refractivity contribution in [3.63, 3.8) is 0 Å². The molecule has 0 aliphatic carbocycles. The van der Waals surface area contributed by atoms with Gasteiger partial charge in [-0.25, -0.2) is 4.79 Å². The molecule has 0 fully saturated rings. The Morgan fingerprint density at radius 3 is 2.38 bits per heavy atom. The van der Waals surface area contributed by atoms with Gasteiger partial charge in [-0.1, -0.05) is 74.0 Å². The number of phenols is 1. The average Bonchev–Trinajstić information content (AvgIpc) is 3.51. The Kier molecular flexibility index (Phi) is 10.2. The van der Waals surface area contributed by atoms with Gasteiger partial charge in [0, 0.05) is 25.1 Å². The van der Waals surface area contributed by atoms with E-state index in [0.717, 1.165) is 47.2 Å². The van der Waals surface area contributed by atoms with E-state index in [9.17, 15) is 9.90 Å². The number of esters is 1. The second-order valence-electron chi connectivity index (χ2n) is 9.38. The smallest absolute Gasteiger partial charge is 0.328 e. The minimum atomic E-state index is -0.648. The molecule has 0 radical (unpaired) electrons. The lowest BCUT2D eigenvalue weighted by atomic mass is 9.98. The molecule has 0 aliphatic heterocycles. The number of carbonyl (C=O) groups excluding carboxylic acids is 1. The Balaban J connectivity index is 1.49. The van der Waals surface area contributed by atoms with E-state index in [1.165, 1.54) is 0 Å². The molecule has 0 bridgehead atoms. The van der Waals surface area contributed by atoms with Crippen LogP contribution in [0.2, 0.25) is 0 Å². The number of aromatic nitrogens is 4. The second kappa shape index (κ2) is 14.2. The first-order chi connectivity index (χ1) is 19.5. The fourth-order valence-corrected chi connectivity index (χ4v) is 4.66. The highest BCUT2D eigenvalue weighted by Gasteiger charge is 2.23.